The van der Waals surface area contributed by atoms with Crippen LogP contribution in [0.2, 0.25) is 0 Å². The van der Waals surface area contributed by atoms with Crippen LogP contribution in [0.15, 0.2) is 66.7 Å². The maximum absolute atomic E-state index is 5.96. The standard InChI is InChI=1S/C17H17N3/c1-3-13-9-5-7-11-15(13)19-17(18)20-16-12-8-6-10-14(16)4-2/h3-12H,1-2H2,(H3,18,19,20). The van der Waals surface area contributed by atoms with E-state index >= 15 is 0 Å². The van der Waals surface area contributed by atoms with Crippen LogP contribution in [0.3, 0.4) is 0 Å². The topological polar surface area (TPSA) is 50.4 Å². The molecular formula is C17H17N3. The summed E-state index contributed by atoms with van der Waals surface area (Å²) in [5.41, 5.74) is 9.52. The van der Waals surface area contributed by atoms with E-state index in [2.05, 4.69) is 23.5 Å². The number of benzene rings is 2. The van der Waals surface area contributed by atoms with Gasteiger partial charge < -0.3 is 11.1 Å². The molecule has 0 aliphatic heterocycles. The molecular weight excluding hydrogens is 246 g/mol. The number of nitrogens with zero attached hydrogens (tertiary/aromatic N) is 1. The maximum Gasteiger partial charge on any atom is 0.198 e. The highest BCUT2D eigenvalue weighted by Gasteiger charge is 2.01. The molecule has 2 rings (SSSR count). The molecule has 0 saturated heterocycles. The Morgan fingerprint density at radius 3 is 2.25 bits per heavy atom. The molecule has 0 aliphatic carbocycles. The fraction of sp³-hybridized carbons (Fsp3) is 0. The van der Waals surface area contributed by atoms with Crippen LogP contribution in [-0.2, 0) is 0 Å². The number of anilines is 1. The van der Waals surface area contributed by atoms with Crippen molar-refractivity contribution in [2.75, 3.05) is 5.32 Å². The number of aliphatic imine (C=N–C) groups is 1. The molecule has 20 heavy (non-hydrogen) atoms. The third kappa shape index (κ3) is 3.14. The number of rotatable bonds is 4. The molecule has 0 radical (unpaired) electrons. The van der Waals surface area contributed by atoms with Gasteiger partial charge in [-0.1, -0.05) is 61.7 Å². The summed E-state index contributed by atoms with van der Waals surface area (Å²) in [6, 6.07) is 15.5. The van der Waals surface area contributed by atoms with Crippen LogP contribution in [0, 0.1) is 0 Å². The number of guanidine groups is 1. The normalized spacial score (nSPS) is 10.9. The van der Waals surface area contributed by atoms with Crippen LogP contribution in [0.5, 0.6) is 0 Å². The zero-order valence-corrected chi connectivity index (χ0v) is 11.2. The third-order valence-corrected chi connectivity index (χ3v) is 2.84. The van der Waals surface area contributed by atoms with Gasteiger partial charge in [-0.05, 0) is 23.3 Å². The summed E-state index contributed by atoms with van der Waals surface area (Å²) in [4.78, 5) is 4.38. The SMILES string of the molecule is C=Cc1ccccc1N=C(N)Nc1ccccc1C=C. The van der Waals surface area contributed by atoms with Crippen molar-refractivity contribution in [2.24, 2.45) is 10.7 Å². The van der Waals surface area contributed by atoms with Crippen LogP contribution in [0.1, 0.15) is 11.1 Å². The van der Waals surface area contributed by atoms with E-state index in [1.165, 1.54) is 0 Å². The molecule has 3 heteroatoms. The molecule has 0 fully saturated rings. The molecule has 0 spiro atoms. The van der Waals surface area contributed by atoms with Gasteiger partial charge >= 0.3 is 0 Å². The number of nitrogens with two attached hydrogens (primary N) is 1. The van der Waals surface area contributed by atoms with Crippen molar-refractivity contribution < 1.29 is 0 Å². The van der Waals surface area contributed by atoms with Crippen LogP contribution >= 0.6 is 0 Å². The van der Waals surface area contributed by atoms with Crippen molar-refractivity contribution in [3.05, 3.63) is 72.8 Å². The Balaban J connectivity index is 2.27. The predicted octanol–water partition coefficient (Wildman–Crippen LogP) is 4.03. The summed E-state index contributed by atoms with van der Waals surface area (Å²) in [7, 11) is 0. The van der Waals surface area contributed by atoms with Crippen LogP contribution in [0.4, 0.5) is 11.4 Å². The van der Waals surface area contributed by atoms with Gasteiger partial charge in [0, 0.05) is 5.69 Å². The van der Waals surface area contributed by atoms with Gasteiger partial charge in [0.15, 0.2) is 5.96 Å². The highest BCUT2D eigenvalue weighted by atomic mass is 15.1. The first-order chi connectivity index (χ1) is 9.74. The minimum absolute atomic E-state index is 0.327. The number of nitrogens with one attached hydrogen (secondary N) is 1. The summed E-state index contributed by atoms with van der Waals surface area (Å²) in [5.74, 6) is 0.327. The first-order valence-electron chi connectivity index (χ1n) is 6.28. The van der Waals surface area contributed by atoms with E-state index in [0.29, 0.717) is 5.96 Å². The molecule has 0 heterocycles. The fourth-order valence-corrected chi connectivity index (χ4v) is 1.85. The Kier molecular flexibility index (Phi) is 4.35. The lowest BCUT2D eigenvalue weighted by Gasteiger charge is -2.09. The van der Waals surface area contributed by atoms with Crippen molar-refractivity contribution in [3.8, 4) is 0 Å². The van der Waals surface area contributed by atoms with Crippen molar-refractivity contribution in [1.29, 1.82) is 0 Å². The summed E-state index contributed by atoms with van der Waals surface area (Å²) >= 11 is 0. The highest BCUT2D eigenvalue weighted by Crippen LogP contribution is 2.20. The monoisotopic (exact) mass is 263 g/mol. The highest BCUT2D eigenvalue weighted by molar-refractivity contribution is 5.96. The Hall–Kier alpha value is -2.81. The molecule has 0 bridgehead atoms. The average Bonchev–Trinajstić information content (AvgIpc) is 2.48. The molecule has 2 aromatic rings. The van der Waals surface area contributed by atoms with Gasteiger partial charge in [-0.2, -0.15) is 0 Å². The van der Waals surface area contributed by atoms with E-state index in [0.717, 1.165) is 22.5 Å². The lowest BCUT2D eigenvalue weighted by Crippen LogP contribution is -2.22. The Bertz CT molecular complexity index is 657. The van der Waals surface area contributed by atoms with E-state index in [1.807, 2.05) is 48.5 Å². The Labute approximate surface area is 119 Å². The minimum Gasteiger partial charge on any atom is -0.369 e. The molecule has 100 valence electrons. The van der Waals surface area contributed by atoms with Crippen molar-refractivity contribution in [1.82, 2.24) is 0 Å². The number of hydrogen-bond acceptors (Lipinski definition) is 1. The maximum atomic E-state index is 5.96. The molecule has 3 N–H and O–H groups in total. The number of hydrogen-bond donors (Lipinski definition) is 2. The van der Waals surface area contributed by atoms with E-state index in [-0.39, 0.29) is 0 Å². The van der Waals surface area contributed by atoms with E-state index in [4.69, 9.17) is 5.73 Å². The zero-order valence-electron chi connectivity index (χ0n) is 11.2. The third-order valence-electron chi connectivity index (χ3n) is 2.84. The van der Waals surface area contributed by atoms with Crippen LogP contribution < -0.4 is 11.1 Å². The van der Waals surface area contributed by atoms with Gasteiger partial charge in [-0.3, -0.25) is 0 Å². The van der Waals surface area contributed by atoms with E-state index in [9.17, 15) is 0 Å². The van der Waals surface area contributed by atoms with Crippen LogP contribution in [0.25, 0.3) is 12.2 Å². The Morgan fingerprint density at radius 2 is 1.55 bits per heavy atom. The first kappa shape index (κ1) is 13.6. The molecule has 0 amide bonds. The smallest absolute Gasteiger partial charge is 0.198 e. The number of para-hydroxylation sites is 2. The molecule has 0 aromatic heterocycles. The summed E-state index contributed by atoms with van der Waals surface area (Å²) < 4.78 is 0. The summed E-state index contributed by atoms with van der Waals surface area (Å²) in [6.07, 6.45) is 3.52. The van der Waals surface area contributed by atoms with Gasteiger partial charge in [-0.25, -0.2) is 4.99 Å². The van der Waals surface area contributed by atoms with E-state index in [1.54, 1.807) is 12.2 Å². The summed E-state index contributed by atoms with van der Waals surface area (Å²) in [5, 5.41) is 3.08. The van der Waals surface area contributed by atoms with Crippen molar-refractivity contribution in [2.45, 2.75) is 0 Å². The zero-order chi connectivity index (χ0) is 14.4. The van der Waals surface area contributed by atoms with Crippen molar-refractivity contribution in [3.63, 3.8) is 0 Å². The van der Waals surface area contributed by atoms with Crippen LogP contribution in [-0.4, -0.2) is 5.96 Å². The molecule has 0 aliphatic rings. The molecule has 0 saturated carbocycles. The van der Waals surface area contributed by atoms with Crippen molar-refractivity contribution >= 4 is 29.5 Å². The van der Waals surface area contributed by atoms with Gasteiger partial charge in [0.05, 0.1) is 5.69 Å². The van der Waals surface area contributed by atoms with E-state index < -0.39 is 0 Å². The lowest BCUT2D eigenvalue weighted by atomic mass is 10.2. The summed E-state index contributed by atoms with van der Waals surface area (Å²) in [6.45, 7) is 7.54. The average molecular weight is 263 g/mol. The molecule has 0 atom stereocenters. The van der Waals surface area contributed by atoms with Gasteiger partial charge in [0.25, 0.3) is 0 Å². The predicted molar refractivity (Wildman–Crippen MR) is 88.0 cm³/mol. The second kappa shape index (κ2) is 6.38. The molecule has 0 unspecified atom stereocenters. The quantitative estimate of drug-likeness (QED) is 0.646. The molecule has 2 aromatic carbocycles. The minimum atomic E-state index is 0.327. The second-order valence-corrected chi connectivity index (χ2v) is 4.18. The molecule has 3 nitrogen and oxygen atoms in total. The largest absolute Gasteiger partial charge is 0.369 e. The Morgan fingerprint density at radius 1 is 0.950 bits per heavy atom. The lowest BCUT2D eigenvalue weighted by molar-refractivity contribution is 1.43. The van der Waals surface area contributed by atoms with Gasteiger partial charge in [0.2, 0.25) is 0 Å². The first-order valence-corrected chi connectivity index (χ1v) is 6.28. The van der Waals surface area contributed by atoms with Gasteiger partial charge in [-0.15, -0.1) is 0 Å². The van der Waals surface area contributed by atoms with Gasteiger partial charge in [0.1, 0.15) is 0 Å². The fourth-order valence-electron chi connectivity index (χ4n) is 1.85. The second-order valence-electron chi connectivity index (χ2n) is 4.18.